The molecule has 2 aliphatic rings. The van der Waals surface area contributed by atoms with Crippen LogP contribution in [0.1, 0.15) is 0 Å². The quantitative estimate of drug-likeness (QED) is 0.829. The molecule has 2 amide bonds. The lowest BCUT2D eigenvalue weighted by molar-refractivity contribution is -0.892. The van der Waals surface area contributed by atoms with Crippen molar-refractivity contribution >= 4 is 28.9 Å². The van der Waals surface area contributed by atoms with Gasteiger partial charge in [-0.25, -0.2) is 4.39 Å². The lowest BCUT2D eigenvalue weighted by Gasteiger charge is -2.35. The molecule has 0 bridgehead atoms. The van der Waals surface area contributed by atoms with Gasteiger partial charge in [-0.3, -0.25) is 14.5 Å². The van der Waals surface area contributed by atoms with Crippen LogP contribution in [0.4, 0.5) is 21.5 Å². The van der Waals surface area contributed by atoms with Gasteiger partial charge in [0.2, 0.25) is 5.91 Å². The molecule has 0 aliphatic carbocycles. The van der Waals surface area contributed by atoms with Gasteiger partial charge in [-0.15, -0.1) is 0 Å². The number of amides is 2. The van der Waals surface area contributed by atoms with Crippen molar-refractivity contribution in [3.8, 4) is 0 Å². The van der Waals surface area contributed by atoms with E-state index in [1.807, 2.05) is 29.2 Å². The summed E-state index contributed by atoms with van der Waals surface area (Å²) in [5, 5.41) is 2.80. The number of hydrogen-bond acceptors (Lipinski definition) is 3. The standard InChI is InChI=1S/C20H21FN4O2/c21-15-5-1-3-7-17(15)24-11-9-23(10-12-24)14-20(27)25-13-19(26)22-16-6-2-4-8-18(16)25/h1-8H,9-14H2,(H,22,26)/p+1. The number of nitrogens with zero attached hydrogens (tertiary/aromatic N) is 2. The SMILES string of the molecule is O=C1CN(C(=O)C[NH+]2CCN(c3ccccc3F)CC2)c2ccccc2N1. The van der Waals surface area contributed by atoms with E-state index in [4.69, 9.17) is 0 Å². The molecular formula is C20H22FN4O2+. The summed E-state index contributed by atoms with van der Waals surface area (Å²) >= 11 is 0. The molecule has 6 nitrogen and oxygen atoms in total. The average molecular weight is 369 g/mol. The van der Waals surface area contributed by atoms with Gasteiger partial charge in [-0.1, -0.05) is 24.3 Å². The van der Waals surface area contributed by atoms with E-state index in [0.29, 0.717) is 31.0 Å². The molecule has 0 saturated carbocycles. The van der Waals surface area contributed by atoms with Gasteiger partial charge in [0.05, 0.1) is 43.2 Å². The van der Waals surface area contributed by atoms with E-state index in [-0.39, 0.29) is 24.2 Å². The highest BCUT2D eigenvalue weighted by atomic mass is 19.1. The van der Waals surface area contributed by atoms with Gasteiger partial charge in [-0.05, 0) is 24.3 Å². The van der Waals surface area contributed by atoms with Crippen molar-refractivity contribution in [3.63, 3.8) is 0 Å². The second-order valence-corrected chi connectivity index (χ2v) is 6.91. The molecule has 1 saturated heterocycles. The third-order valence-electron chi connectivity index (χ3n) is 5.14. The number of halogens is 1. The second kappa shape index (κ2) is 7.36. The highest BCUT2D eigenvalue weighted by Crippen LogP contribution is 2.28. The molecule has 2 aromatic carbocycles. The molecule has 2 heterocycles. The molecule has 7 heteroatoms. The fourth-order valence-electron chi connectivity index (χ4n) is 3.71. The number of quaternary nitrogens is 1. The lowest BCUT2D eigenvalue weighted by Crippen LogP contribution is -3.16. The minimum absolute atomic E-state index is 0.0461. The van der Waals surface area contributed by atoms with E-state index in [1.165, 1.54) is 6.07 Å². The van der Waals surface area contributed by atoms with Crippen LogP contribution < -0.4 is 20.0 Å². The van der Waals surface area contributed by atoms with Crippen LogP contribution in [-0.4, -0.2) is 51.1 Å². The smallest absolute Gasteiger partial charge is 0.282 e. The largest absolute Gasteiger partial charge is 0.358 e. The maximum atomic E-state index is 14.0. The Balaban J connectivity index is 1.39. The fraction of sp³-hybridized carbons (Fsp3) is 0.300. The summed E-state index contributed by atoms with van der Waals surface area (Å²) in [5.41, 5.74) is 2.03. The number of para-hydroxylation sites is 3. The first-order valence-corrected chi connectivity index (χ1v) is 9.14. The van der Waals surface area contributed by atoms with Crippen LogP contribution in [0, 0.1) is 5.82 Å². The summed E-state index contributed by atoms with van der Waals surface area (Å²) in [7, 11) is 0. The van der Waals surface area contributed by atoms with Crippen molar-refractivity contribution in [1.29, 1.82) is 0 Å². The van der Waals surface area contributed by atoms with Gasteiger partial charge >= 0.3 is 0 Å². The van der Waals surface area contributed by atoms with Gasteiger partial charge in [0.1, 0.15) is 12.4 Å². The van der Waals surface area contributed by atoms with Gasteiger partial charge in [0.15, 0.2) is 6.54 Å². The number of hydrogen-bond donors (Lipinski definition) is 2. The topological polar surface area (TPSA) is 57.1 Å². The van der Waals surface area contributed by atoms with Gasteiger partial charge in [-0.2, -0.15) is 0 Å². The fourth-order valence-corrected chi connectivity index (χ4v) is 3.71. The van der Waals surface area contributed by atoms with Crippen LogP contribution in [0.3, 0.4) is 0 Å². The summed E-state index contributed by atoms with van der Waals surface area (Å²) in [4.78, 5) is 29.5. The Bertz CT molecular complexity index is 865. The van der Waals surface area contributed by atoms with Gasteiger partial charge in [0.25, 0.3) is 5.91 Å². The Morgan fingerprint density at radius 3 is 2.44 bits per heavy atom. The van der Waals surface area contributed by atoms with Crippen LogP contribution in [-0.2, 0) is 9.59 Å². The Kier molecular flexibility index (Phi) is 4.77. The van der Waals surface area contributed by atoms with Crippen LogP contribution in [0.5, 0.6) is 0 Å². The van der Waals surface area contributed by atoms with Crippen molar-refractivity contribution in [1.82, 2.24) is 0 Å². The van der Waals surface area contributed by atoms with Crippen LogP contribution in [0.2, 0.25) is 0 Å². The van der Waals surface area contributed by atoms with Crippen molar-refractivity contribution in [2.75, 3.05) is 54.4 Å². The Labute approximate surface area is 157 Å². The number of rotatable bonds is 3. The number of benzene rings is 2. The molecule has 1 fully saturated rings. The third kappa shape index (κ3) is 3.64. The van der Waals surface area contributed by atoms with E-state index >= 15 is 0 Å². The molecule has 2 aliphatic heterocycles. The van der Waals surface area contributed by atoms with Crippen molar-refractivity contribution in [3.05, 3.63) is 54.3 Å². The molecule has 0 radical (unpaired) electrons. The zero-order valence-corrected chi connectivity index (χ0v) is 15.0. The molecule has 0 unspecified atom stereocenters. The van der Waals surface area contributed by atoms with E-state index in [2.05, 4.69) is 5.32 Å². The van der Waals surface area contributed by atoms with Crippen molar-refractivity contribution < 1.29 is 18.9 Å². The maximum absolute atomic E-state index is 14.0. The molecule has 140 valence electrons. The number of fused-ring (bicyclic) bond motifs is 1. The predicted octanol–water partition coefficient (Wildman–Crippen LogP) is 0.516. The third-order valence-corrected chi connectivity index (χ3v) is 5.14. The van der Waals surface area contributed by atoms with Crippen LogP contribution in [0.25, 0.3) is 0 Å². The molecule has 0 aromatic heterocycles. The number of carbonyl (C=O) groups is 2. The summed E-state index contributed by atoms with van der Waals surface area (Å²) in [6, 6.07) is 14.1. The molecule has 4 rings (SSSR count). The average Bonchev–Trinajstić information content (AvgIpc) is 2.68. The molecular weight excluding hydrogens is 347 g/mol. The summed E-state index contributed by atoms with van der Waals surface area (Å²) < 4.78 is 14.0. The molecule has 27 heavy (non-hydrogen) atoms. The van der Waals surface area contributed by atoms with Crippen molar-refractivity contribution in [2.24, 2.45) is 0 Å². The molecule has 2 N–H and O–H groups in total. The number of anilines is 3. The highest BCUT2D eigenvalue weighted by Gasteiger charge is 2.30. The first kappa shape index (κ1) is 17.5. The van der Waals surface area contributed by atoms with E-state index in [1.54, 1.807) is 23.1 Å². The van der Waals surface area contributed by atoms with E-state index in [0.717, 1.165) is 23.7 Å². The molecule has 0 spiro atoms. The summed E-state index contributed by atoms with van der Waals surface area (Å²) in [5.74, 6) is -0.457. The second-order valence-electron chi connectivity index (χ2n) is 6.91. The lowest BCUT2D eigenvalue weighted by atomic mass is 10.2. The van der Waals surface area contributed by atoms with E-state index < -0.39 is 0 Å². The zero-order chi connectivity index (χ0) is 18.8. The summed E-state index contributed by atoms with van der Waals surface area (Å²) in [6.45, 7) is 3.27. The van der Waals surface area contributed by atoms with Crippen molar-refractivity contribution in [2.45, 2.75) is 0 Å². The highest BCUT2D eigenvalue weighted by molar-refractivity contribution is 6.10. The Morgan fingerprint density at radius 2 is 1.70 bits per heavy atom. The zero-order valence-electron chi connectivity index (χ0n) is 15.0. The Morgan fingerprint density at radius 1 is 1.04 bits per heavy atom. The number of piperazine rings is 1. The summed E-state index contributed by atoms with van der Waals surface area (Å²) in [6.07, 6.45) is 0. The first-order valence-electron chi connectivity index (χ1n) is 9.14. The monoisotopic (exact) mass is 369 g/mol. The van der Waals surface area contributed by atoms with Crippen LogP contribution >= 0.6 is 0 Å². The first-order chi connectivity index (χ1) is 13.1. The normalized spacial score (nSPS) is 17.4. The van der Waals surface area contributed by atoms with Gasteiger partial charge in [0, 0.05) is 0 Å². The molecule has 0 atom stereocenters. The minimum atomic E-state index is -0.215. The maximum Gasteiger partial charge on any atom is 0.282 e. The number of carbonyl (C=O) groups excluding carboxylic acids is 2. The Hall–Kier alpha value is -2.93. The van der Waals surface area contributed by atoms with E-state index in [9.17, 15) is 14.0 Å². The number of nitrogens with one attached hydrogen (secondary N) is 2. The predicted molar refractivity (Wildman–Crippen MR) is 102 cm³/mol. The minimum Gasteiger partial charge on any atom is -0.358 e. The van der Waals surface area contributed by atoms with Gasteiger partial charge < -0.3 is 15.1 Å². The molecule has 2 aromatic rings. The van der Waals surface area contributed by atoms with Crippen LogP contribution in [0.15, 0.2) is 48.5 Å².